The number of hydrogen-bond acceptors (Lipinski definition) is 5. The van der Waals surface area contributed by atoms with Gasteiger partial charge in [-0.15, -0.1) is 0 Å². The smallest absolute Gasteiger partial charge is 0.408 e. The Labute approximate surface area is 193 Å². The van der Waals surface area contributed by atoms with Gasteiger partial charge in [0.15, 0.2) is 11.5 Å². The van der Waals surface area contributed by atoms with E-state index in [4.69, 9.17) is 14.2 Å². The molecular formula is C26H28N2O5. The molecule has 0 bridgehead atoms. The van der Waals surface area contributed by atoms with Gasteiger partial charge >= 0.3 is 6.09 Å². The van der Waals surface area contributed by atoms with E-state index in [1.165, 1.54) is 0 Å². The summed E-state index contributed by atoms with van der Waals surface area (Å²) in [5.41, 5.74) is 2.63. The number of hydrogen-bond donors (Lipinski definition) is 2. The maximum atomic E-state index is 13.0. The van der Waals surface area contributed by atoms with Gasteiger partial charge in [0.05, 0.1) is 14.2 Å². The first kappa shape index (κ1) is 23.7. The molecule has 0 unspecified atom stereocenters. The topological polar surface area (TPSA) is 85.9 Å². The Morgan fingerprint density at radius 1 is 0.788 bits per heavy atom. The van der Waals surface area contributed by atoms with Crippen LogP contribution in [0.1, 0.15) is 16.7 Å². The number of methoxy groups -OCH3 is 2. The summed E-state index contributed by atoms with van der Waals surface area (Å²) in [5.74, 6) is 0.871. The standard InChI is InChI=1S/C26H28N2O5/c1-31-23-14-13-21(16-24(23)32-2)17-27-25(29)22(15-19-9-5-3-6-10-19)28-26(30)33-18-20-11-7-4-8-12-20/h3-14,16,22H,15,17-18H2,1-2H3,(H,27,29)(H,28,30)/t22-/m0/s1. The molecule has 33 heavy (non-hydrogen) atoms. The molecule has 0 spiro atoms. The molecule has 0 saturated carbocycles. The van der Waals surface area contributed by atoms with Crippen molar-refractivity contribution in [1.29, 1.82) is 0 Å². The minimum absolute atomic E-state index is 0.123. The van der Waals surface area contributed by atoms with Crippen molar-refractivity contribution in [1.82, 2.24) is 10.6 Å². The second kappa shape index (κ2) is 12.1. The lowest BCUT2D eigenvalue weighted by Gasteiger charge is -2.19. The Kier molecular flexibility index (Phi) is 8.71. The molecule has 1 atom stereocenters. The summed E-state index contributed by atoms with van der Waals surface area (Å²) in [6.45, 7) is 0.392. The average Bonchev–Trinajstić information content (AvgIpc) is 2.86. The molecule has 2 N–H and O–H groups in total. The van der Waals surface area contributed by atoms with Crippen molar-refractivity contribution >= 4 is 12.0 Å². The zero-order chi connectivity index (χ0) is 23.5. The fourth-order valence-electron chi connectivity index (χ4n) is 3.27. The summed E-state index contributed by atoms with van der Waals surface area (Å²) >= 11 is 0. The molecule has 3 rings (SSSR count). The number of benzene rings is 3. The van der Waals surface area contributed by atoms with Gasteiger partial charge in [-0.2, -0.15) is 0 Å². The summed E-state index contributed by atoms with van der Waals surface area (Å²) in [5, 5.41) is 5.58. The van der Waals surface area contributed by atoms with Crippen LogP contribution in [0.2, 0.25) is 0 Å². The summed E-state index contributed by atoms with van der Waals surface area (Å²) in [4.78, 5) is 25.4. The predicted molar refractivity (Wildman–Crippen MR) is 125 cm³/mol. The molecule has 0 aliphatic rings. The minimum atomic E-state index is -0.796. The van der Waals surface area contributed by atoms with E-state index in [0.717, 1.165) is 16.7 Å². The van der Waals surface area contributed by atoms with Crippen molar-refractivity contribution < 1.29 is 23.8 Å². The number of alkyl carbamates (subject to hydrolysis) is 1. The molecule has 3 aromatic carbocycles. The van der Waals surface area contributed by atoms with Crippen LogP contribution in [-0.2, 0) is 29.1 Å². The number of ether oxygens (including phenoxy) is 3. The van der Waals surface area contributed by atoms with Gasteiger partial charge in [0, 0.05) is 13.0 Å². The van der Waals surface area contributed by atoms with E-state index in [2.05, 4.69) is 10.6 Å². The molecule has 0 fully saturated rings. The van der Waals surface area contributed by atoms with Gasteiger partial charge in [-0.3, -0.25) is 4.79 Å². The van der Waals surface area contributed by atoms with Gasteiger partial charge in [0.25, 0.3) is 0 Å². The van der Waals surface area contributed by atoms with Crippen LogP contribution >= 0.6 is 0 Å². The molecule has 7 heteroatoms. The van der Waals surface area contributed by atoms with E-state index < -0.39 is 12.1 Å². The van der Waals surface area contributed by atoms with E-state index in [0.29, 0.717) is 17.9 Å². The molecule has 2 amide bonds. The monoisotopic (exact) mass is 448 g/mol. The first-order valence-electron chi connectivity index (χ1n) is 10.6. The third-order valence-electron chi connectivity index (χ3n) is 5.02. The number of amides is 2. The van der Waals surface area contributed by atoms with Crippen molar-refractivity contribution in [2.75, 3.05) is 14.2 Å². The fourth-order valence-corrected chi connectivity index (χ4v) is 3.27. The van der Waals surface area contributed by atoms with Crippen LogP contribution in [0.15, 0.2) is 78.9 Å². The highest BCUT2D eigenvalue weighted by Gasteiger charge is 2.22. The largest absolute Gasteiger partial charge is 0.493 e. The first-order chi connectivity index (χ1) is 16.1. The summed E-state index contributed by atoms with van der Waals surface area (Å²) in [6, 6.07) is 23.5. The van der Waals surface area contributed by atoms with E-state index in [1.807, 2.05) is 66.7 Å². The molecule has 172 valence electrons. The van der Waals surface area contributed by atoms with E-state index in [-0.39, 0.29) is 19.1 Å². The molecule has 0 heterocycles. The Bertz CT molecular complexity index is 1040. The van der Waals surface area contributed by atoms with Crippen molar-refractivity contribution in [3.05, 3.63) is 95.6 Å². The maximum Gasteiger partial charge on any atom is 0.408 e. The highest BCUT2D eigenvalue weighted by molar-refractivity contribution is 5.85. The van der Waals surface area contributed by atoms with Gasteiger partial charge in [0.1, 0.15) is 12.6 Å². The van der Waals surface area contributed by atoms with Gasteiger partial charge in [0.2, 0.25) is 5.91 Å². The van der Waals surface area contributed by atoms with Crippen molar-refractivity contribution in [3.8, 4) is 11.5 Å². The summed E-state index contributed by atoms with van der Waals surface area (Å²) in [7, 11) is 3.12. The first-order valence-corrected chi connectivity index (χ1v) is 10.6. The van der Waals surface area contributed by atoms with Gasteiger partial charge in [-0.25, -0.2) is 4.79 Å². The molecule has 0 radical (unpaired) electrons. The third-order valence-corrected chi connectivity index (χ3v) is 5.02. The Hall–Kier alpha value is -4.00. The van der Waals surface area contributed by atoms with Crippen LogP contribution in [0, 0.1) is 0 Å². The van der Waals surface area contributed by atoms with Crippen LogP contribution < -0.4 is 20.1 Å². The normalized spacial score (nSPS) is 11.2. The second-order valence-electron chi connectivity index (χ2n) is 7.36. The molecule has 0 saturated heterocycles. The highest BCUT2D eigenvalue weighted by Crippen LogP contribution is 2.27. The van der Waals surface area contributed by atoms with Gasteiger partial charge < -0.3 is 24.8 Å². The van der Waals surface area contributed by atoms with Gasteiger partial charge in [-0.1, -0.05) is 66.7 Å². The minimum Gasteiger partial charge on any atom is -0.493 e. The average molecular weight is 449 g/mol. The molecule has 0 aromatic heterocycles. The molecule has 7 nitrogen and oxygen atoms in total. The van der Waals surface area contributed by atoms with Crippen LogP contribution in [-0.4, -0.2) is 32.3 Å². The van der Waals surface area contributed by atoms with Crippen molar-refractivity contribution in [2.45, 2.75) is 25.6 Å². The Morgan fingerprint density at radius 3 is 2.06 bits per heavy atom. The summed E-state index contributed by atoms with van der Waals surface area (Å²) in [6.07, 6.45) is -0.319. The quantitative estimate of drug-likeness (QED) is 0.492. The zero-order valence-electron chi connectivity index (χ0n) is 18.7. The zero-order valence-corrected chi connectivity index (χ0v) is 18.7. The second-order valence-corrected chi connectivity index (χ2v) is 7.36. The van der Waals surface area contributed by atoms with Crippen LogP contribution in [0.25, 0.3) is 0 Å². The SMILES string of the molecule is COc1ccc(CNC(=O)[C@H](Cc2ccccc2)NC(=O)OCc2ccccc2)cc1OC. The van der Waals surface area contributed by atoms with E-state index >= 15 is 0 Å². The van der Waals surface area contributed by atoms with E-state index in [1.54, 1.807) is 26.4 Å². The molecule has 0 aliphatic carbocycles. The van der Waals surface area contributed by atoms with Crippen LogP contribution in [0.4, 0.5) is 4.79 Å². The molecular weight excluding hydrogens is 420 g/mol. The number of carbonyl (C=O) groups excluding carboxylic acids is 2. The number of nitrogens with one attached hydrogen (secondary N) is 2. The predicted octanol–water partition coefficient (Wildman–Crippen LogP) is 3.86. The fraction of sp³-hybridized carbons (Fsp3) is 0.231. The Balaban J connectivity index is 1.63. The number of carbonyl (C=O) groups is 2. The Morgan fingerprint density at radius 2 is 1.42 bits per heavy atom. The van der Waals surface area contributed by atoms with Crippen LogP contribution in [0.5, 0.6) is 11.5 Å². The van der Waals surface area contributed by atoms with E-state index in [9.17, 15) is 9.59 Å². The molecule has 0 aliphatic heterocycles. The lowest BCUT2D eigenvalue weighted by atomic mass is 10.1. The maximum absolute atomic E-state index is 13.0. The lowest BCUT2D eigenvalue weighted by molar-refractivity contribution is -0.123. The molecule has 3 aromatic rings. The lowest BCUT2D eigenvalue weighted by Crippen LogP contribution is -2.48. The number of rotatable bonds is 10. The van der Waals surface area contributed by atoms with Crippen LogP contribution in [0.3, 0.4) is 0 Å². The summed E-state index contributed by atoms with van der Waals surface area (Å²) < 4.78 is 15.9. The van der Waals surface area contributed by atoms with Crippen molar-refractivity contribution in [2.24, 2.45) is 0 Å². The van der Waals surface area contributed by atoms with Gasteiger partial charge in [-0.05, 0) is 28.8 Å². The highest BCUT2D eigenvalue weighted by atomic mass is 16.5. The third kappa shape index (κ3) is 7.28. The van der Waals surface area contributed by atoms with Crippen molar-refractivity contribution in [3.63, 3.8) is 0 Å².